The van der Waals surface area contributed by atoms with Crippen molar-refractivity contribution in [3.8, 4) is 0 Å². The Balaban J connectivity index is 1.88. The lowest BCUT2D eigenvalue weighted by atomic mass is 10.1. The summed E-state index contributed by atoms with van der Waals surface area (Å²) in [6, 6.07) is 10.3. The molecule has 2 rings (SSSR count). The van der Waals surface area contributed by atoms with Gasteiger partial charge in [-0.05, 0) is 66.3 Å². The van der Waals surface area contributed by atoms with E-state index < -0.39 is 0 Å². The fourth-order valence-electron chi connectivity index (χ4n) is 1.82. The summed E-state index contributed by atoms with van der Waals surface area (Å²) in [5.74, 6) is 1.03. The summed E-state index contributed by atoms with van der Waals surface area (Å²) in [6.45, 7) is 2.15. The molecule has 1 atom stereocenters. The molecule has 1 aromatic heterocycles. The van der Waals surface area contributed by atoms with Gasteiger partial charge in [-0.1, -0.05) is 0 Å². The molecular formula is C14H17IN2O. The van der Waals surface area contributed by atoms with E-state index in [-0.39, 0.29) is 0 Å². The van der Waals surface area contributed by atoms with Crippen LogP contribution in [0.5, 0.6) is 0 Å². The minimum Gasteiger partial charge on any atom is -0.469 e. The molecule has 0 saturated heterocycles. The van der Waals surface area contributed by atoms with E-state index in [1.807, 2.05) is 24.3 Å². The maximum absolute atomic E-state index is 5.97. The Hall–Kier alpha value is -1.17. The highest BCUT2D eigenvalue weighted by Gasteiger charge is 2.06. The van der Waals surface area contributed by atoms with Gasteiger partial charge >= 0.3 is 0 Å². The van der Waals surface area contributed by atoms with Gasteiger partial charge in [-0.2, -0.15) is 0 Å². The zero-order valence-electron chi connectivity index (χ0n) is 10.3. The zero-order chi connectivity index (χ0) is 13.0. The quantitative estimate of drug-likeness (QED) is 0.631. The predicted molar refractivity (Wildman–Crippen MR) is 83.7 cm³/mol. The van der Waals surface area contributed by atoms with Crippen LogP contribution in [0.1, 0.15) is 19.1 Å². The standard InChI is InChI=1S/C14H17IN2O/c1-10(4-6-12-3-2-8-18-12)17-14-7-5-11(15)9-13(14)16/h2-3,5,7-10,17H,4,6,16H2,1H3. The Morgan fingerprint density at radius 3 is 2.89 bits per heavy atom. The molecule has 18 heavy (non-hydrogen) atoms. The van der Waals surface area contributed by atoms with Crippen LogP contribution in [0.2, 0.25) is 0 Å². The summed E-state index contributed by atoms with van der Waals surface area (Å²) in [5.41, 5.74) is 7.77. The van der Waals surface area contributed by atoms with Crippen LogP contribution in [-0.4, -0.2) is 6.04 Å². The van der Waals surface area contributed by atoms with Crippen LogP contribution in [0.4, 0.5) is 11.4 Å². The molecule has 3 N–H and O–H groups in total. The van der Waals surface area contributed by atoms with Gasteiger partial charge in [0.2, 0.25) is 0 Å². The Labute approximate surface area is 121 Å². The second-order valence-electron chi connectivity index (χ2n) is 4.39. The summed E-state index contributed by atoms with van der Waals surface area (Å²) in [4.78, 5) is 0. The normalized spacial score (nSPS) is 12.3. The number of anilines is 2. The third-order valence-corrected chi connectivity index (χ3v) is 3.49. The first-order valence-corrected chi connectivity index (χ1v) is 7.07. The monoisotopic (exact) mass is 356 g/mol. The molecule has 4 heteroatoms. The first kappa shape index (κ1) is 13.3. The largest absolute Gasteiger partial charge is 0.469 e. The SMILES string of the molecule is CC(CCc1ccco1)Nc1ccc(I)cc1N. The fourth-order valence-corrected chi connectivity index (χ4v) is 2.33. The minimum absolute atomic E-state index is 0.359. The van der Waals surface area contributed by atoms with Crippen LogP contribution in [0.25, 0.3) is 0 Å². The number of hydrogen-bond donors (Lipinski definition) is 2. The first-order valence-electron chi connectivity index (χ1n) is 5.99. The van der Waals surface area contributed by atoms with Gasteiger partial charge in [0.1, 0.15) is 5.76 Å². The van der Waals surface area contributed by atoms with Gasteiger partial charge < -0.3 is 15.5 Å². The molecule has 2 aromatic rings. The molecule has 0 amide bonds. The van der Waals surface area contributed by atoms with E-state index in [0.29, 0.717) is 6.04 Å². The number of aryl methyl sites for hydroxylation is 1. The van der Waals surface area contributed by atoms with Crippen molar-refractivity contribution in [3.63, 3.8) is 0 Å². The summed E-state index contributed by atoms with van der Waals surface area (Å²) in [7, 11) is 0. The Kier molecular flexibility index (Phi) is 4.52. The van der Waals surface area contributed by atoms with Crippen LogP contribution in [0, 0.1) is 3.57 Å². The van der Waals surface area contributed by atoms with Gasteiger partial charge in [0.15, 0.2) is 0 Å². The third kappa shape index (κ3) is 3.66. The Bertz CT molecular complexity index is 497. The van der Waals surface area contributed by atoms with Gasteiger partial charge in [-0.3, -0.25) is 0 Å². The second-order valence-corrected chi connectivity index (χ2v) is 5.64. The minimum atomic E-state index is 0.359. The third-order valence-electron chi connectivity index (χ3n) is 2.82. The van der Waals surface area contributed by atoms with E-state index >= 15 is 0 Å². The topological polar surface area (TPSA) is 51.2 Å². The van der Waals surface area contributed by atoms with Gasteiger partial charge in [-0.25, -0.2) is 0 Å². The number of hydrogen-bond acceptors (Lipinski definition) is 3. The van der Waals surface area contributed by atoms with Crippen molar-refractivity contribution in [2.75, 3.05) is 11.1 Å². The first-order chi connectivity index (χ1) is 8.65. The molecule has 1 heterocycles. The van der Waals surface area contributed by atoms with Gasteiger partial charge in [0, 0.05) is 16.0 Å². The molecular weight excluding hydrogens is 339 g/mol. The summed E-state index contributed by atoms with van der Waals surface area (Å²) in [5, 5.41) is 3.43. The van der Waals surface area contributed by atoms with Crippen LogP contribution in [0.15, 0.2) is 41.0 Å². The van der Waals surface area contributed by atoms with Crippen LogP contribution in [-0.2, 0) is 6.42 Å². The number of nitrogens with one attached hydrogen (secondary N) is 1. The number of nitrogen functional groups attached to an aromatic ring is 1. The number of furan rings is 1. The summed E-state index contributed by atoms with van der Waals surface area (Å²) in [6.07, 6.45) is 3.66. The van der Waals surface area contributed by atoms with Crippen molar-refractivity contribution >= 4 is 34.0 Å². The molecule has 0 spiro atoms. The molecule has 0 fully saturated rings. The van der Waals surface area contributed by atoms with E-state index in [1.165, 1.54) is 0 Å². The van der Waals surface area contributed by atoms with Crippen molar-refractivity contribution < 1.29 is 4.42 Å². The smallest absolute Gasteiger partial charge is 0.103 e. The van der Waals surface area contributed by atoms with Gasteiger partial charge in [-0.15, -0.1) is 0 Å². The lowest BCUT2D eigenvalue weighted by Gasteiger charge is -2.16. The lowest BCUT2D eigenvalue weighted by Crippen LogP contribution is -2.16. The number of halogens is 1. The highest BCUT2D eigenvalue weighted by Crippen LogP contribution is 2.22. The van der Waals surface area contributed by atoms with Gasteiger partial charge in [0.05, 0.1) is 17.6 Å². The highest BCUT2D eigenvalue weighted by molar-refractivity contribution is 14.1. The molecule has 0 aliphatic carbocycles. The zero-order valence-corrected chi connectivity index (χ0v) is 12.5. The molecule has 0 aliphatic heterocycles. The average molecular weight is 356 g/mol. The molecule has 96 valence electrons. The molecule has 1 aromatic carbocycles. The summed E-state index contributed by atoms with van der Waals surface area (Å²) >= 11 is 2.26. The molecule has 0 radical (unpaired) electrons. The van der Waals surface area contributed by atoms with E-state index in [9.17, 15) is 0 Å². The van der Waals surface area contributed by atoms with Crippen molar-refractivity contribution in [2.24, 2.45) is 0 Å². The maximum atomic E-state index is 5.97. The molecule has 1 unspecified atom stereocenters. The van der Waals surface area contributed by atoms with Crippen molar-refractivity contribution in [1.82, 2.24) is 0 Å². The van der Waals surface area contributed by atoms with Crippen LogP contribution >= 0.6 is 22.6 Å². The van der Waals surface area contributed by atoms with Gasteiger partial charge in [0.25, 0.3) is 0 Å². The lowest BCUT2D eigenvalue weighted by molar-refractivity contribution is 0.495. The van der Waals surface area contributed by atoms with Crippen molar-refractivity contribution in [3.05, 3.63) is 45.9 Å². The molecule has 0 bridgehead atoms. The molecule has 0 saturated carbocycles. The van der Waals surface area contributed by atoms with Crippen LogP contribution < -0.4 is 11.1 Å². The number of nitrogens with two attached hydrogens (primary N) is 1. The van der Waals surface area contributed by atoms with E-state index in [0.717, 1.165) is 33.5 Å². The Morgan fingerprint density at radius 1 is 1.39 bits per heavy atom. The van der Waals surface area contributed by atoms with E-state index in [1.54, 1.807) is 6.26 Å². The maximum Gasteiger partial charge on any atom is 0.103 e. The van der Waals surface area contributed by atoms with Crippen molar-refractivity contribution in [2.45, 2.75) is 25.8 Å². The second kappa shape index (κ2) is 6.13. The average Bonchev–Trinajstić information content (AvgIpc) is 2.83. The van der Waals surface area contributed by atoms with E-state index in [4.69, 9.17) is 10.2 Å². The van der Waals surface area contributed by atoms with E-state index in [2.05, 4.69) is 40.9 Å². The molecule has 0 aliphatic rings. The summed E-state index contributed by atoms with van der Waals surface area (Å²) < 4.78 is 6.47. The highest BCUT2D eigenvalue weighted by atomic mass is 127. The fraction of sp³-hybridized carbons (Fsp3) is 0.286. The number of benzene rings is 1. The van der Waals surface area contributed by atoms with Crippen molar-refractivity contribution in [1.29, 1.82) is 0 Å². The molecule has 3 nitrogen and oxygen atoms in total. The van der Waals surface area contributed by atoms with Crippen LogP contribution in [0.3, 0.4) is 0 Å². The predicted octanol–water partition coefficient (Wildman–Crippen LogP) is 3.90. The Morgan fingerprint density at radius 2 is 2.22 bits per heavy atom. The number of rotatable bonds is 5.